The third-order valence-corrected chi connectivity index (χ3v) is 3.63. The van der Waals surface area contributed by atoms with Crippen LogP contribution in [0.2, 0.25) is 5.02 Å². The molecule has 1 heterocycles. The Hall–Kier alpha value is -1.26. The van der Waals surface area contributed by atoms with E-state index in [1.807, 2.05) is 4.90 Å². The van der Waals surface area contributed by atoms with Gasteiger partial charge in [0.2, 0.25) is 0 Å². The maximum Gasteiger partial charge on any atom is 0.260 e. The monoisotopic (exact) mass is 282 g/mol. The molecule has 0 saturated carbocycles. The van der Waals surface area contributed by atoms with Crippen molar-refractivity contribution in [2.45, 2.75) is 12.8 Å². The van der Waals surface area contributed by atoms with E-state index in [0.29, 0.717) is 23.2 Å². The number of amides is 1. The molecular weight excluding hydrogens is 264 g/mol. The molecule has 1 fully saturated rings. The number of likely N-dealkylation sites (tertiary alicyclic amines) is 1. The van der Waals surface area contributed by atoms with Crippen molar-refractivity contribution in [3.8, 4) is 5.75 Å². The average molecular weight is 283 g/mol. The number of rotatable bonds is 4. The number of piperidine rings is 1. The van der Waals surface area contributed by atoms with Gasteiger partial charge in [0.15, 0.2) is 6.61 Å². The number of benzene rings is 1. The standard InChI is InChI=1S/C14H19ClN2O2/c15-12-3-5-13(6-4-12)19-10-14(18)17-7-1-2-11(8-16)9-17/h3-6,11H,1-2,7-10,16H2. The largest absolute Gasteiger partial charge is 0.484 e. The fraction of sp³-hybridized carbons (Fsp3) is 0.500. The minimum atomic E-state index is 0.0214. The van der Waals surface area contributed by atoms with Crippen LogP contribution in [0, 0.1) is 5.92 Å². The van der Waals surface area contributed by atoms with Gasteiger partial charge in [0.1, 0.15) is 5.75 Å². The molecule has 1 amide bonds. The van der Waals surface area contributed by atoms with Gasteiger partial charge in [-0.25, -0.2) is 0 Å². The average Bonchev–Trinajstić information content (AvgIpc) is 2.46. The molecule has 1 aromatic carbocycles. The molecule has 0 aliphatic carbocycles. The summed E-state index contributed by atoms with van der Waals surface area (Å²) in [5, 5.41) is 0.653. The molecule has 1 unspecified atom stereocenters. The summed E-state index contributed by atoms with van der Waals surface area (Å²) in [5.74, 6) is 1.10. The molecule has 2 rings (SSSR count). The number of carbonyl (C=O) groups excluding carboxylic acids is 1. The molecule has 0 bridgehead atoms. The maximum atomic E-state index is 12.0. The lowest BCUT2D eigenvalue weighted by molar-refractivity contribution is -0.135. The van der Waals surface area contributed by atoms with E-state index in [-0.39, 0.29) is 12.5 Å². The van der Waals surface area contributed by atoms with E-state index < -0.39 is 0 Å². The second-order valence-corrected chi connectivity index (χ2v) is 5.26. The molecule has 5 heteroatoms. The first-order chi connectivity index (χ1) is 9.19. The first-order valence-corrected chi connectivity index (χ1v) is 6.93. The van der Waals surface area contributed by atoms with Gasteiger partial charge in [-0.2, -0.15) is 0 Å². The van der Waals surface area contributed by atoms with Crippen LogP contribution in [0.5, 0.6) is 5.75 Å². The van der Waals surface area contributed by atoms with E-state index in [0.717, 1.165) is 25.9 Å². The predicted octanol–water partition coefficient (Wildman–Crippen LogP) is 1.92. The Morgan fingerprint density at radius 2 is 2.16 bits per heavy atom. The van der Waals surface area contributed by atoms with E-state index in [4.69, 9.17) is 22.1 Å². The summed E-state index contributed by atoms with van der Waals surface area (Å²) in [4.78, 5) is 13.9. The number of hydrogen-bond acceptors (Lipinski definition) is 3. The van der Waals surface area contributed by atoms with Crippen molar-refractivity contribution in [3.05, 3.63) is 29.3 Å². The van der Waals surface area contributed by atoms with Crippen LogP contribution in [0.15, 0.2) is 24.3 Å². The van der Waals surface area contributed by atoms with Crippen molar-refractivity contribution >= 4 is 17.5 Å². The zero-order valence-electron chi connectivity index (χ0n) is 10.8. The summed E-state index contributed by atoms with van der Waals surface area (Å²) in [5.41, 5.74) is 5.66. The Morgan fingerprint density at radius 3 is 2.84 bits per heavy atom. The second-order valence-electron chi connectivity index (χ2n) is 4.83. The van der Waals surface area contributed by atoms with Crippen molar-refractivity contribution in [1.82, 2.24) is 4.90 Å². The van der Waals surface area contributed by atoms with Gasteiger partial charge < -0.3 is 15.4 Å². The number of halogens is 1. The third-order valence-electron chi connectivity index (χ3n) is 3.38. The second kappa shape index (κ2) is 6.78. The fourth-order valence-electron chi connectivity index (χ4n) is 2.25. The summed E-state index contributed by atoms with van der Waals surface area (Å²) in [6.07, 6.45) is 2.13. The van der Waals surface area contributed by atoms with Crippen molar-refractivity contribution in [2.75, 3.05) is 26.2 Å². The molecule has 1 atom stereocenters. The summed E-state index contributed by atoms with van der Waals surface area (Å²) in [6, 6.07) is 7.00. The van der Waals surface area contributed by atoms with Crippen LogP contribution < -0.4 is 10.5 Å². The van der Waals surface area contributed by atoms with Gasteiger partial charge in [0, 0.05) is 18.1 Å². The highest BCUT2D eigenvalue weighted by atomic mass is 35.5. The number of ether oxygens (including phenoxy) is 1. The zero-order valence-corrected chi connectivity index (χ0v) is 11.6. The highest BCUT2D eigenvalue weighted by Gasteiger charge is 2.22. The Morgan fingerprint density at radius 1 is 1.42 bits per heavy atom. The molecule has 2 N–H and O–H groups in total. The van der Waals surface area contributed by atoms with Gasteiger partial charge in [-0.1, -0.05) is 11.6 Å². The lowest BCUT2D eigenvalue weighted by Gasteiger charge is -2.32. The topological polar surface area (TPSA) is 55.6 Å². The summed E-state index contributed by atoms with van der Waals surface area (Å²) in [7, 11) is 0. The fourth-order valence-corrected chi connectivity index (χ4v) is 2.38. The van der Waals surface area contributed by atoms with Crippen LogP contribution >= 0.6 is 11.6 Å². The van der Waals surface area contributed by atoms with Gasteiger partial charge in [-0.15, -0.1) is 0 Å². The number of hydrogen-bond donors (Lipinski definition) is 1. The molecule has 4 nitrogen and oxygen atoms in total. The molecule has 19 heavy (non-hydrogen) atoms. The first kappa shape index (κ1) is 14.2. The molecule has 1 aliphatic rings. The molecular formula is C14H19ClN2O2. The Labute approximate surface area is 118 Å². The van der Waals surface area contributed by atoms with Crippen molar-refractivity contribution < 1.29 is 9.53 Å². The van der Waals surface area contributed by atoms with Crippen molar-refractivity contribution in [3.63, 3.8) is 0 Å². The number of nitrogens with two attached hydrogens (primary N) is 1. The number of carbonyl (C=O) groups is 1. The molecule has 1 saturated heterocycles. The summed E-state index contributed by atoms with van der Waals surface area (Å²) in [6.45, 7) is 2.26. The lowest BCUT2D eigenvalue weighted by atomic mass is 9.98. The van der Waals surface area contributed by atoms with Gasteiger partial charge in [-0.05, 0) is 49.6 Å². The van der Waals surface area contributed by atoms with E-state index in [2.05, 4.69) is 0 Å². The van der Waals surface area contributed by atoms with E-state index >= 15 is 0 Å². The van der Waals surface area contributed by atoms with E-state index in [1.165, 1.54) is 0 Å². The van der Waals surface area contributed by atoms with E-state index in [1.54, 1.807) is 24.3 Å². The summed E-state index contributed by atoms with van der Waals surface area (Å²) >= 11 is 5.79. The maximum absolute atomic E-state index is 12.0. The van der Waals surface area contributed by atoms with Gasteiger partial charge in [0.05, 0.1) is 0 Å². The van der Waals surface area contributed by atoms with E-state index in [9.17, 15) is 4.79 Å². The Bertz CT molecular complexity index is 422. The quantitative estimate of drug-likeness (QED) is 0.918. The minimum absolute atomic E-state index is 0.0214. The summed E-state index contributed by atoms with van der Waals surface area (Å²) < 4.78 is 5.46. The zero-order chi connectivity index (χ0) is 13.7. The highest BCUT2D eigenvalue weighted by molar-refractivity contribution is 6.30. The molecule has 1 aliphatic heterocycles. The predicted molar refractivity (Wildman–Crippen MR) is 75.3 cm³/mol. The molecule has 0 aromatic heterocycles. The third kappa shape index (κ3) is 4.11. The van der Waals surface area contributed by atoms with Crippen LogP contribution in [-0.4, -0.2) is 37.0 Å². The Kier molecular flexibility index (Phi) is 5.05. The van der Waals surface area contributed by atoms with Crippen molar-refractivity contribution in [2.24, 2.45) is 11.7 Å². The first-order valence-electron chi connectivity index (χ1n) is 6.55. The van der Waals surface area contributed by atoms with Crippen LogP contribution in [0.25, 0.3) is 0 Å². The van der Waals surface area contributed by atoms with Crippen LogP contribution in [-0.2, 0) is 4.79 Å². The van der Waals surface area contributed by atoms with Gasteiger partial charge >= 0.3 is 0 Å². The number of nitrogens with zero attached hydrogens (tertiary/aromatic N) is 1. The van der Waals surface area contributed by atoms with Gasteiger partial charge in [-0.3, -0.25) is 4.79 Å². The van der Waals surface area contributed by atoms with Crippen LogP contribution in [0.3, 0.4) is 0 Å². The molecule has 104 valence electrons. The smallest absolute Gasteiger partial charge is 0.260 e. The molecule has 1 aromatic rings. The van der Waals surface area contributed by atoms with Gasteiger partial charge in [0.25, 0.3) is 5.91 Å². The van der Waals surface area contributed by atoms with Crippen molar-refractivity contribution in [1.29, 1.82) is 0 Å². The Balaban J connectivity index is 1.82. The SMILES string of the molecule is NCC1CCCN(C(=O)COc2ccc(Cl)cc2)C1. The highest BCUT2D eigenvalue weighted by Crippen LogP contribution is 2.17. The van der Waals surface area contributed by atoms with Crippen LogP contribution in [0.1, 0.15) is 12.8 Å². The minimum Gasteiger partial charge on any atom is -0.484 e. The molecule has 0 spiro atoms. The van der Waals surface area contributed by atoms with Crippen LogP contribution in [0.4, 0.5) is 0 Å². The normalized spacial score (nSPS) is 19.3. The lowest BCUT2D eigenvalue weighted by Crippen LogP contribution is -2.44. The molecule has 0 radical (unpaired) electrons.